The molecule has 1 aromatic carbocycles. The molecule has 1 aliphatic carbocycles. The second kappa shape index (κ2) is 5.18. The van der Waals surface area contributed by atoms with Crippen LogP contribution in [-0.4, -0.2) is 19.9 Å². The third-order valence-corrected chi connectivity index (χ3v) is 4.66. The molecular formula is C14H20N2O3S. The Labute approximate surface area is 119 Å². The van der Waals surface area contributed by atoms with Crippen LogP contribution in [0.4, 0.5) is 0 Å². The lowest BCUT2D eigenvalue weighted by Gasteiger charge is -2.25. The smallest absolute Gasteiger partial charge is 0.251 e. The molecule has 0 unspecified atom stereocenters. The predicted molar refractivity (Wildman–Crippen MR) is 76.9 cm³/mol. The van der Waals surface area contributed by atoms with E-state index in [2.05, 4.69) is 5.32 Å². The summed E-state index contributed by atoms with van der Waals surface area (Å²) in [4.78, 5) is 12.3. The zero-order valence-electron chi connectivity index (χ0n) is 11.8. The third-order valence-electron chi connectivity index (χ3n) is 3.76. The lowest BCUT2D eigenvalue weighted by Crippen LogP contribution is -2.43. The SMILES string of the molecule is Cc1cc(C(=O)NC2(C)CCCC2)cc(S(N)(=O)=O)c1. The van der Waals surface area contributed by atoms with Crippen molar-refractivity contribution in [2.24, 2.45) is 5.14 Å². The molecule has 0 bridgehead atoms. The van der Waals surface area contributed by atoms with Crippen LogP contribution in [0.2, 0.25) is 0 Å². The number of carbonyl (C=O) groups is 1. The van der Waals surface area contributed by atoms with Gasteiger partial charge in [0.1, 0.15) is 0 Å². The van der Waals surface area contributed by atoms with Crippen molar-refractivity contribution in [1.82, 2.24) is 5.32 Å². The summed E-state index contributed by atoms with van der Waals surface area (Å²) in [6, 6.07) is 4.46. The molecule has 1 aromatic rings. The van der Waals surface area contributed by atoms with E-state index in [-0.39, 0.29) is 16.3 Å². The Morgan fingerprint density at radius 1 is 1.25 bits per heavy atom. The van der Waals surface area contributed by atoms with Crippen LogP contribution < -0.4 is 10.5 Å². The standard InChI is InChI=1S/C14H20N2O3S/c1-10-7-11(9-12(8-10)20(15,18)19)13(17)16-14(2)5-3-4-6-14/h7-9H,3-6H2,1-2H3,(H,16,17)(H2,15,18,19). The molecule has 5 nitrogen and oxygen atoms in total. The van der Waals surface area contributed by atoms with E-state index in [1.54, 1.807) is 13.0 Å². The molecule has 3 N–H and O–H groups in total. The third kappa shape index (κ3) is 3.37. The minimum Gasteiger partial charge on any atom is -0.347 e. The maximum Gasteiger partial charge on any atom is 0.251 e. The van der Waals surface area contributed by atoms with Crippen molar-refractivity contribution in [3.05, 3.63) is 29.3 Å². The highest BCUT2D eigenvalue weighted by molar-refractivity contribution is 7.89. The van der Waals surface area contributed by atoms with Gasteiger partial charge in [-0.2, -0.15) is 0 Å². The fraction of sp³-hybridized carbons (Fsp3) is 0.500. The van der Waals surface area contributed by atoms with Gasteiger partial charge in [0.15, 0.2) is 0 Å². The van der Waals surface area contributed by atoms with Crippen LogP contribution in [0.1, 0.15) is 48.5 Å². The van der Waals surface area contributed by atoms with E-state index in [0.717, 1.165) is 25.7 Å². The van der Waals surface area contributed by atoms with E-state index in [4.69, 9.17) is 5.14 Å². The van der Waals surface area contributed by atoms with Crippen molar-refractivity contribution in [2.75, 3.05) is 0 Å². The molecule has 110 valence electrons. The summed E-state index contributed by atoms with van der Waals surface area (Å²) in [5, 5.41) is 8.13. The normalized spacial score (nSPS) is 17.9. The Morgan fingerprint density at radius 2 is 1.85 bits per heavy atom. The molecule has 0 heterocycles. The molecule has 1 aliphatic rings. The van der Waals surface area contributed by atoms with Crippen molar-refractivity contribution in [1.29, 1.82) is 0 Å². The van der Waals surface area contributed by atoms with Crippen LogP contribution in [0, 0.1) is 6.92 Å². The molecule has 0 aliphatic heterocycles. The molecule has 1 fully saturated rings. The topological polar surface area (TPSA) is 89.3 Å². The monoisotopic (exact) mass is 296 g/mol. The predicted octanol–water partition coefficient (Wildman–Crippen LogP) is 1.70. The number of benzene rings is 1. The van der Waals surface area contributed by atoms with E-state index in [1.807, 2.05) is 6.92 Å². The average Bonchev–Trinajstić information content (AvgIpc) is 2.73. The first-order valence-electron chi connectivity index (χ1n) is 6.67. The van der Waals surface area contributed by atoms with Crippen molar-refractivity contribution >= 4 is 15.9 Å². The fourth-order valence-electron chi connectivity index (χ4n) is 2.67. The lowest BCUT2D eigenvalue weighted by atomic mass is 10.00. The number of nitrogens with two attached hydrogens (primary N) is 1. The fourth-order valence-corrected chi connectivity index (χ4v) is 3.31. The summed E-state index contributed by atoms with van der Waals surface area (Å²) in [7, 11) is -3.80. The van der Waals surface area contributed by atoms with Gasteiger partial charge in [0.2, 0.25) is 10.0 Å². The van der Waals surface area contributed by atoms with Gasteiger partial charge >= 0.3 is 0 Å². The van der Waals surface area contributed by atoms with Crippen molar-refractivity contribution < 1.29 is 13.2 Å². The van der Waals surface area contributed by atoms with Gasteiger partial charge < -0.3 is 5.32 Å². The summed E-state index contributed by atoms with van der Waals surface area (Å²) in [6.45, 7) is 3.76. The van der Waals surface area contributed by atoms with Crippen molar-refractivity contribution in [2.45, 2.75) is 50.0 Å². The van der Waals surface area contributed by atoms with Crippen LogP contribution in [0.15, 0.2) is 23.1 Å². The Morgan fingerprint density at radius 3 is 2.40 bits per heavy atom. The first kappa shape index (κ1) is 15.0. The number of rotatable bonds is 3. The minimum absolute atomic E-state index is 0.0285. The molecular weight excluding hydrogens is 276 g/mol. The van der Waals surface area contributed by atoms with Gasteiger partial charge in [0.25, 0.3) is 5.91 Å². The molecule has 0 aromatic heterocycles. The second-order valence-corrected chi connectivity index (χ2v) is 7.36. The molecule has 1 amide bonds. The summed E-state index contributed by atoms with van der Waals surface area (Å²) < 4.78 is 22.8. The lowest BCUT2D eigenvalue weighted by molar-refractivity contribution is 0.0908. The number of sulfonamides is 1. The van der Waals surface area contributed by atoms with Crippen molar-refractivity contribution in [3.63, 3.8) is 0 Å². The van der Waals surface area contributed by atoms with Gasteiger partial charge in [-0.25, -0.2) is 13.6 Å². The molecule has 2 rings (SSSR count). The first-order chi connectivity index (χ1) is 9.20. The Bertz CT molecular complexity index is 632. The van der Waals surface area contributed by atoms with Gasteiger partial charge in [-0.05, 0) is 50.5 Å². The molecule has 0 atom stereocenters. The highest BCUT2D eigenvalue weighted by Crippen LogP contribution is 2.29. The van der Waals surface area contributed by atoms with Crippen LogP contribution in [0.5, 0.6) is 0 Å². The molecule has 1 saturated carbocycles. The summed E-state index contributed by atoms with van der Waals surface area (Å²) in [6.07, 6.45) is 4.11. The zero-order chi connectivity index (χ0) is 15.0. The Kier molecular flexibility index (Phi) is 3.88. The van der Waals surface area contributed by atoms with Crippen LogP contribution in [0.3, 0.4) is 0 Å². The van der Waals surface area contributed by atoms with Crippen LogP contribution in [-0.2, 0) is 10.0 Å². The highest BCUT2D eigenvalue weighted by atomic mass is 32.2. The number of carbonyl (C=O) groups excluding carboxylic acids is 1. The number of primary sulfonamides is 1. The number of aryl methyl sites for hydroxylation is 1. The molecule has 0 saturated heterocycles. The first-order valence-corrected chi connectivity index (χ1v) is 8.21. The van der Waals surface area contributed by atoms with E-state index < -0.39 is 10.0 Å². The molecule has 20 heavy (non-hydrogen) atoms. The Hall–Kier alpha value is -1.40. The van der Waals surface area contributed by atoms with Gasteiger partial charge in [-0.1, -0.05) is 12.8 Å². The molecule has 0 spiro atoms. The number of nitrogens with one attached hydrogen (secondary N) is 1. The number of amides is 1. The van der Waals surface area contributed by atoms with Crippen LogP contribution in [0.25, 0.3) is 0 Å². The second-order valence-electron chi connectivity index (χ2n) is 5.80. The van der Waals surface area contributed by atoms with E-state index in [9.17, 15) is 13.2 Å². The van der Waals surface area contributed by atoms with Gasteiger partial charge in [0.05, 0.1) is 4.90 Å². The summed E-state index contributed by atoms with van der Waals surface area (Å²) in [5.74, 6) is -0.247. The van der Waals surface area contributed by atoms with E-state index in [0.29, 0.717) is 11.1 Å². The summed E-state index contributed by atoms with van der Waals surface area (Å²) >= 11 is 0. The quantitative estimate of drug-likeness (QED) is 0.889. The maximum atomic E-state index is 12.3. The van der Waals surface area contributed by atoms with Gasteiger partial charge in [-0.3, -0.25) is 4.79 Å². The molecule has 0 radical (unpaired) electrons. The van der Waals surface area contributed by atoms with Crippen molar-refractivity contribution in [3.8, 4) is 0 Å². The average molecular weight is 296 g/mol. The number of hydrogen-bond donors (Lipinski definition) is 2. The van der Waals surface area contributed by atoms with E-state index >= 15 is 0 Å². The van der Waals surface area contributed by atoms with Crippen LogP contribution >= 0.6 is 0 Å². The minimum atomic E-state index is -3.80. The van der Waals surface area contributed by atoms with Gasteiger partial charge in [0, 0.05) is 11.1 Å². The number of hydrogen-bond acceptors (Lipinski definition) is 3. The molecule has 6 heteroatoms. The van der Waals surface area contributed by atoms with Gasteiger partial charge in [-0.15, -0.1) is 0 Å². The Balaban J connectivity index is 2.28. The largest absolute Gasteiger partial charge is 0.347 e. The summed E-state index contributed by atoms with van der Waals surface area (Å²) in [5.41, 5.74) is 0.836. The van der Waals surface area contributed by atoms with E-state index in [1.165, 1.54) is 12.1 Å². The highest BCUT2D eigenvalue weighted by Gasteiger charge is 2.30. The maximum absolute atomic E-state index is 12.3. The zero-order valence-corrected chi connectivity index (χ0v) is 12.6.